The molecule has 0 spiro atoms. The summed E-state index contributed by atoms with van der Waals surface area (Å²) in [6.07, 6.45) is 0. The molecule has 6 heteroatoms. The fourth-order valence-electron chi connectivity index (χ4n) is 2.91. The minimum absolute atomic E-state index is 0.0311. The van der Waals surface area contributed by atoms with Gasteiger partial charge in [0.15, 0.2) is 0 Å². The van der Waals surface area contributed by atoms with Crippen LogP contribution < -0.4 is 5.32 Å². The summed E-state index contributed by atoms with van der Waals surface area (Å²) in [5, 5.41) is 6.62. The van der Waals surface area contributed by atoms with Crippen LogP contribution in [-0.4, -0.2) is 29.4 Å². The van der Waals surface area contributed by atoms with Crippen LogP contribution in [0.2, 0.25) is 5.02 Å². The number of nitrogens with zero attached hydrogens (tertiary/aromatic N) is 2. The highest BCUT2D eigenvalue weighted by atomic mass is 35.5. The maximum absolute atomic E-state index is 12.4. The SMILES string of the molecule is Cc1cccc(C)c1NC(=O)CN(C)Cc1csc(-c2ccccc2Cl)n1. The molecule has 0 radical (unpaired) electrons. The van der Waals surface area contributed by atoms with Gasteiger partial charge in [-0.15, -0.1) is 11.3 Å². The number of aromatic nitrogens is 1. The van der Waals surface area contributed by atoms with Crippen LogP contribution in [0.3, 0.4) is 0 Å². The van der Waals surface area contributed by atoms with Crippen LogP contribution in [0.1, 0.15) is 16.8 Å². The molecule has 0 unspecified atom stereocenters. The van der Waals surface area contributed by atoms with E-state index in [4.69, 9.17) is 11.6 Å². The minimum Gasteiger partial charge on any atom is -0.324 e. The second-order valence-electron chi connectivity index (χ2n) is 6.61. The molecule has 3 aromatic rings. The van der Waals surface area contributed by atoms with Crippen molar-refractivity contribution in [3.05, 3.63) is 69.7 Å². The molecule has 1 amide bonds. The fourth-order valence-corrected chi connectivity index (χ4v) is 4.04. The zero-order chi connectivity index (χ0) is 19.4. The van der Waals surface area contributed by atoms with Crippen LogP contribution in [0, 0.1) is 13.8 Å². The summed E-state index contributed by atoms with van der Waals surface area (Å²) >= 11 is 7.81. The monoisotopic (exact) mass is 399 g/mol. The largest absolute Gasteiger partial charge is 0.324 e. The van der Waals surface area contributed by atoms with Gasteiger partial charge in [-0.3, -0.25) is 9.69 Å². The van der Waals surface area contributed by atoms with E-state index in [2.05, 4.69) is 10.3 Å². The Labute approximate surface area is 168 Å². The van der Waals surface area contributed by atoms with Gasteiger partial charge in [-0.05, 0) is 38.1 Å². The molecule has 0 saturated heterocycles. The molecule has 0 aliphatic heterocycles. The Balaban J connectivity index is 1.60. The van der Waals surface area contributed by atoms with Gasteiger partial charge in [-0.1, -0.05) is 48.0 Å². The average molecular weight is 400 g/mol. The van der Waals surface area contributed by atoms with Crippen molar-refractivity contribution in [1.29, 1.82) is 0 Å². The van der Waals surface area contributed by atoms with Gasteiger partial charge in [0.2, 0.25) is 5.91 Å². The number of benzene rings is 2. The smallest absolute Gasteiger partial charge is 0.238 e. The first-order valence-corrected chi connectivity index (χ1v) is 9.93. The van der Waals surface area contributed by atoms with E-state index in [0.717, 1.165) is 33.1 Å². The van der Waals surface area contributed by atoms with Crippen molar-refractivity contribution in [2.75, 3.05) is 18.9 Å². The number of hydrogen-bond donors (Lipinski definition) is 1. The molecule has 140 valence electrons. The van der Waals surface area contributed by atoms with E-state index < -0.39 is 0 Å². The highest BCUT2D eigenvalue weighted by molar-refractivity contribution is 7.13. The topological polar surface area (TPSA) is 45.2 Å². The number of rotatable bonds is 6. The second-order valence-corrected chi connectivity index (χ2v) is 7.88. The number of aryl methyl sites for hydroxylation is 2. The number of carbonyl (C=O) groups excluding carboxylic acids is 1. The minimum atomic E-state index is -0.0311. The van der Waals surface area contributed by atoms with Crippen LogP contribution in [0.25, 0.3) is 10.6 Å². The van der Waals surface area contributed by atoms with Crippen molar-refractivity contribution >= 4 is 34.5 Å². The van der Waals surface area contributed by atoms with Gasteiger partial charge in [0.05, 0.1) is 17.3 Å². The molecule has 0 bridgehead atoms. The Morgan fingerprint density at radius 1 is 1.15 bits per heavy atom. The maximum Gasteiger partial charge on any atom is 0.238 e. The third-order valence-electron chi connectivity index (χ3n) is 4.25. The lowest BCUT2D eigenvalue weighted by molar-refractivity contribution is -0.117. The number of likely N-dealkylation sites (N-methyl/N-ethyl adjacent to an activating group) is 1. The van der Waals surface area contributed by atoms with Crippen LogP contribution >= 0.6 is 22.9 Å². The molecule has 0 fully saturated rings. The molecule has 1 N–H and O–H groups in total. The lowest BCUT2D eigenvalue weighted by Crippen LogP contribution is -2.30. The van der Waals surface area contributed by atoms with Gasteiger partial charge in [0.25, 0.3) is 0 Å². The van der Waals surface area contributed by atoms with Gasteiger partial charge in [0, 0.05) is 23.2 Å². The number of nitrogens with one attached hydrogen (secondary N) is 1. The van der Waals surface area contributed by atoms with Crippen LogP contribution in [0.15, 0.2) is 47.8 Å². The molecule has 0 aliphatic carbocycles. The Kier molecular flexibility index (Phi) is 6.26. The number of amides is 1. The van der Waals surface area contributed by atoms with E-state index in [1.165, 1.54) is 0 Å². The Bertz CT molecular complexity index is 934. The number of hydrogen-bond acceptors (Lipinski definition) is 4. The predicted molar refractivity (Wildman–Crippen MR) is 113 cm³/mol. The predicted octanol–water partition coefficient (Wildman–Crippen LogP) is 5.15. The molecular formula is C21H22ClN3OS. The van der Waals surface area contributed by atoms with Crippen molar-refractivity contribution in [3.63, 3.8) is 0 Å². The molecule has 0 aliphatic rings. The summed E-state index contributed by atoms with van der Waals surface area (Å²) in [5.74, 6) is -0.0311. The number of halogens is 1. The molecule has 0 atom stereocenters. The van der Waals surface area contributed by atoms with E-state index in [1.807, 2.05) is 73.6 Å². The number of carbonyl (C=O) groups is 1. The summed E-state index contributed by atoms with van der Waals surface area (Å²) < 4.78 is 0. The van der Waals surface area contributed by atoms with Crippen molar-refractivity contribution in [2.24, 2.45) is 0 Å². The first-order valence-electron chi connectivity index (χ1n) is 8.68. The Morgan fingerprint density at radius 3 is 2.56 bits per heavy atom. The summed E-state index contributed by atoms with van der Waals surface area (Å²) in [4.78, 5) is 19.0. The molecule has 1 aromatic heterocycles. The van der Waals surface area contributed by atoms with E-state index in [-0.39, 0.29) is 5.91 Å². The number of thiazole rings is 1. The fraction of sp³-hybridized carbons (Fsp3) is 0.238. The zero-order valence-electron chi connectivity index (χ0n) is 15.6. The summed E-state index contributed by atoms with van der Waals surface area (Å²) in [6, 6.07) is 13.7. The first-order chi connectivity index (χ1) is 12.9. The summed E-state index contributed by atoms with van der Waals surface area (Å²) in [6.45, 7) is 4.89. The van der Waals surface area contributed by atoms with Crippen molar-refractivity contribution in [3.8, 4) is 10.6 Å². The highest BCUT2D eigenvalue weighted by Crippen LogP contribution is 2.30. The average Bonchev–Trinajstić information content (AvgIpc) is 3.06. The summed E-state index contributed by atoms with van der Waals surface area (Å²) in [5.41, 5.74) is 4.89. The van der Waals surface area contributed by atoms with Crippen LogP contribution in [-0.2, 0) is 11.3 Å². The molecule has 27 heavy (non-hydrogen) atoms. The second kappa shape index (κ2) is 8.65. The van der Waals surface area contributed by atoms with Crippen molar-refractivity contribution < 1.29 is 4.79 Å². The molecule has 4 nitrogen and oxygen atoms in total. The molecule has 3 rings (SSSR count). The molecule has 2 aromatic carbocycles. The third kappa shape index (κ3) is 4.95. The van der Waals surface area contributed by atoms with Crippen molar-refractivity contribution in [1.82, 2.24) is 9.88 Å². The van der Waals surface area contributed by atoms with Gasteiger partial charge in [-0.2, -0.15) is 0 Å². The number of anilines is 1. The van der Waals surface area contributed by atoms with Crippen molar-refractivity contribution in [2.45, 2.75) is 20.4 Å². The number of para-hydroxylation sites is 1. The molecule has 0 saturated carbocycles. The summed E-state index contributed by atoms with van der Waals surface area (Å²) in [7, 11) is 1.92. The van der Waals surface area contributed by atoms with E-state index in [9.17, 15) is 4.79 Å². The zero-order valence-corrected chi connectivity index (χ0v) is 17.2. The molecule has 1 heterocycles. The normalized spacial score (nSPS) is 11.0. The quantitative estimate of drug-likeness (QED) is 0.623. The van der Waals surface area contributed by atoms with E-state index in [0.29, 0.717) is 18.1 Å². The Hall–Kier alpha value is -2.21. The highest BCUT2D eigenvalue weighted by Gasteiger charge is 2.13. The van der Waals surface area contributed by atoms with Gasteiger partial charge in [-0.25, -0.2) is 4.98 Å². The lowest BCUT2D eigenvalue weighted by Gasteiger charge is -2.16. The van der Waals surface area contributed by atoms with Crippen LogP contribution in [0.4, 0.5) is 5.69 Å². The van der Waals surface area contributed by atoms with Crippen LogP contribution in [0.5, 0.6) is 0 Å². The Morgan fingerprint density at radius 2 is 1.85 bits per heavy atom. The lowest BCUT2D eigenvalue weighted by atomic mass is 10.1. The van der Waals surface area contributed by atoms with Gasteiger partial charge < -0.3 is 5.32 Å². The van der Waals surface area contributed by atoms with E-state index in [1.54, 1.807) is 11.3 Å². The molecular weight excluding hydrogens is 378 g/mol. The standard InChI is InChI=1S/C21H22ClN3OS/c1-14-7-6-8-15(2)20(14)24-19(26)12-25(3)11-16-13-27-21(23-16)17-9-4-5-10-18(17)22/h4-10,13H,11-12H2,1-3H3,(H,24,26). The first kappa shape index (κ1) is 19.5. The third-order valence-corrected chi connectivity index (χ3v) is 5.50. The van der Waals surface area contributed by atoms with Gasteiger partial charge in [0.1, 0.15) is 5.01 Å². The van der Waals surface area contributed by atoms with Gasteiger partial charge >= 0.3 is 0 Å². The maximum atomic E-state index is 12.4. The van der Waals surface area contributed by atoms with E-state index >= 15 is 0 Å².